The van der Waals surface area contributed by atoms with Crippen LogP contribution in [0.4, 0.5) is 0 Å². The minimum atomic E-state index is -0.509. The van der Waals surface area contributed by atoms with Gasteiger partial charge in [0.2, 0.25) is 5.90 Å². The van der Waals surface area contributed by atoms with Gasteiger partial charge in [-0.2, -0.15) is 0 Å². The summed E-state index contributed by atoms with van der Waals surface area (Å²) in [6, 6.07) is 14.0. The highest BCUT2D eigenvalue weighted by Crippen LogP contribution is 2.20. The van der Waals surface area contributed by atoms with Gasteiger partial charge in [0.15, 0.2) is 5.70 Å². The van der Waals surface area contributed by atoms with E-state index in [-0.39, 0.29) is 11.6 Å². The first-order valence-electron chi connectivity index (χ1n) is 7.04. The van der Waals surface area contributed by atoms with E-state index in [2.05, 4.69) is 25.7 Å². The molecular weight excluding hydrogens is 374 g/mol. The van der Waals surface area contributed by atoms with Gasteiger partial charge in [-0.3, -0.25) is 0 Å². The molecule has 2 aromatic rings. The van der Waals surface area contributed by atoms with E-state index in [1.54, 1.807) is 30.3 Å². The lowest BCUT2D eigenvalue weighted by atomic mass is 10.1. The van der Waals surface area contributed by atoms with Crippen LogP contribution in [0.3, 0.4) is 0 Å². The molecule has 0 saturated carbocycles. The van der Waals surface area contributed by atoms with Gasteiger partial charge in [0.25, 0.3) is 0 Å². The third-order valence-corrected chi connectivity index (χ3v) is 3.88. The summed E-state index contributed by atoms with van der Waals surface area (Å²) in [5.41, 5.74) is 2.10. The molecule has 0 fully saturated rings. The number of carbonyl (C=O) groups is 2. The smallest absolute Gasteiger partial charge is 0.363 e. The molecule has 24 heavy (non-hydrogen) atoms. The predicted octanol–water partition coefficient (Wildman–Crippen LogP) is 3.58. The van der Waals surface area contributed by atoms with Crippen LogP contribution in [0.25, 0.3) is 6.08 Å². The monoisotopic (exact) mass is 385 g/mol. The first kappa shape index (κ1) is 16.1. The molecule has 0 N–H and O–H groups in total. The van der Waals surface area contributed by atoms with Gasteiger partial charge < -0.3 is 9.47 Å². The SMILES string of the molecule is COC(=O)c1ccc(C=C2N=C(c3ccc(Br)cc3)OC2=O)cc1. The van der Waals surface area contributed by atoms with Gasteiger partial charge in [-0.1, -0.05) is 28.1 Å². The van der Waals surface area contributed by atoms with E-state index in [4.69, 9.17) is 4.74 Å². The average Bonchev–Trinajstić information content (AvgIpc) is 2.96. The number of methoxy groups -OCH3 is 1. The van der Waals surface area contributed by atoms with Crippen LogP contribution < -0.4 is 0 Å². The molecule has 1 aliphatic heterocycles. The quantitative estimate of drug-likeness (QED) is 0.598. The summed E-state index contributed by atoms with van der Waals surface area (Å²) in [5, 5.41) is 0. The number of benzene rings is 2. The van der Waals surface area contributed by atoms with Crippen LogP contribution in [-0.4, -0.2) is 24.9 Å². The third-order valence-electron chi connectivity index (χ3n) is 3.35. The maximum Gasteiger partial charge on any atom is 0.363 e. The van der Waals surface area contributed by atoms with E-state index in [9.17, 15) is 9.59 Å². The summed E-state index contributed by atoms with van der Waals surface area (Å²) in [4.78, 5) is 27.6. The molecule has 6 heteroatoms. The number of halogens is 1. The number of aliphatic imine (C=N–C) groups is 1. The lowest BCUT2D eigenvalue weighted by Crippen LogP contribution is -2.05. The molecule has 2 aromatic carbocycles. The van der Waals surface area contributed by atoms with Crippen LogP contribution >= 0.6 is 15.9 Å². The predicted molar refractivity (Wildman–Crippen MR) is 92.5 cm³/mol. The fourth-order valence-corrected chi connectivity index (χ4v) is 2.38. The van der Waals surface area contributed by atoms with Crippen molar-refractivity contribution in [2.75, 3.05) is 7.11 Å². The lowest BCUT2D eigenvalue weighted by molar-refractivity contribution is -0.129. The van der Waals surface area contributed by atoms with E-state index in [0.717, 1.165) is 15.6 Å². The molecule has 0 saturated heterocycles. The number of ether oxygens (including phenoxy) is 2. The summed E-state index contributed by atoms with van der Waals surface area (Å²) in [7, 11) is 1.32. The van der Waals surface area contributed by atoms with E-state index in [1.807, 2.05) is 24.3 Å². The van der Waals surface area contributed by atoms with Crippen molar-refractivity contribution in [3.8, 4) is 0 Å². The summed E-state index contributed by atoms with van der Waals surface area (Å²) >= 11 is 3.35. The maximum absolute atomic E-state index is 12.0. The topological polar surface area (TPSA) is 65.0 Å². The molecule has 0 aromatic heterocycles. The second-order valence-electron chi connectivity index (χ2n) is 4.96. The van der Waals surface area contributed by atoms with Crippen LogP contribution in [0.15, 0.2) is 63.7 Å². The molecule has 3 rings (SSSR count). The summed E-state index contributed by atoms with van der Waals surface area (Å²) in [5.74, 6) is -0.653. The Kier molecular flexibility index (Phi) is 4.57. The standard InChI is InChI=1S/C18H12BrNO4/c1-23-17(21)13-4-2-11(3-5-13)10-15-18(22)24-16(20-15)12-6-8-14(19)9-7-12/h2-10H,1H3. The number of nitrogens with zero attached hydrogens (tertiary/aromatic N) is 1. The third kappa shape index (κ3) is 3.44. The van der Waals surface area contributed by atoms with Gasteiger partial charge in [0, 0.05) is 10.0 Å². The number of cyclic esters (lactones) is 1. The molecule has 5 nitrogen and oxygen atoms in total. The van der Waals surface area contributed by atoms with Crippen LogP contribution in [0, 0.1) is 0 Å². The minimum absolute atomic E-state index is 0.207. The van der Waals surface area contributed by atoms with Crippen molar-refractivity contribution < 1.29 is 19.1 Å². The molecule has 0 bridgehead atoms. The zero-order valence-corrected chi connectivity index (χ0v) is 14.2. The molecule has 1 aliphatic rings. The first-order valence-corrected chi connectivity index (χ1v) is 7.83. The Hall–Kier alpha value is -2.73. The molecule has 1 heterocycles. The zero-order chi connectivity index (χ0) is 17.1. The molecule has 0 amide bonds. The molecule has 0 unspecified atom stereocenters. The van der Waals surface area contributed by atoms with Crippen LogP contribution in [-0.2, 0) is 14.3 Å². The zero-order valence-electron chi connectivity index (χ0n) is 12.7. The molecule has 0 atom stereocenters. The molecule has 120 valence electrons. The van der Waals surface area contributed by atoms with E-state index in [1.165, 1.54) is 7.11 Å². The Balaban J connectivity index is 1.85. The van der Waals surface area contributed by atoms with Crippen molar-refractivity contribution in [2.45, 2.75) is 0 Å². The number of esters is 2. The summed E-state index contributed by atoms with van der Waals surface area (Å²) in [6.45, 7) is 0. The average molecular weight is 386 g/mol. The van der Waals surface area contributed by atoms with Gasteiger partial charge in [0.1, 0.15) is 0 Å². The van der Waals surface area contributed by atoms with Gasteiger partial charge in [-0.25, -0.2) is 14.6 Å². The van der Waals surface area contributed by atoms with Crippen molar-refractivity contribution in [1.29, 1.82) is 0 Å². The Labute approximate surface area is 146 Å². The van der Waals surface area contributed by atoms with Crippen molar-refractivity contribution in [1.82, 2.24) is 0 Å². The van der Waals surface area contributed by atoms with E-state index < -0.39 is 11.9 Å². The van der Waals surface area contributed by atoms with Crippen molar-refractivity contribution in [3.63, 3.8) is 0 Å². The highest BCUT2D eigenvalue weighted by molar-refractivity contribution is 9.10. The number of hydrogen-bond donors (Lipinski definition) is 0. The molecule has 0 aliphatic carbocycles. The summed E-state index contributed by atoms with van der Waals surface area (Å²) in [6.07, 6.45) is 1.61. The second kappa shape index (κ2) is 6.80. The van der Waals surface area contributed by atoms with Crippen LogP contribution in [0.5, 0.6) is 0 Å². The Morgan fingerprint density at radius 2 is 1.79 bits per heavy atom. The van der Waals surface area contributed by atoms with Crippen LogP contribution in [0.1, 0.15) is 21.5 Å². The Morgan fingerprint density at radius 1 is 1.12 bits per heavy atom. The second-order valence-corrected chi connectivity index (χ2v) is 5.87. The molecule has 0 radical (unpaired) electrons. The van der Waals surface area contributed by atoms with E-state index in [0.29, 0.717) is 5.56 Å². The van der Waals surface area contributed by atoms with Gasteiger partial charge in [-0.15, -0.1) is 0 Å². The van der Waals surface area contributed by atoms with E-state index >= 15 is 0 Å². The largest absolute Gasteiger partial charge is 0.465 e. The van der Waals surface area contributed by atoms with Gasteiger partial charge in [0.05, 0.1) is 12.7 Å². The summed E-state index contributed by atoms with van der Waals surface area (Å²) < 4.78 is 10.8. The fraction of sp³-hybridized carbons (Fsp3) is 0.0556. The highest BCUT2D eigenvalue weighted by atomic mass is 79.9. The van der Waals surface area contributed by atoms with Gasteiger partial charge >= 0.3 is 11.9 Å². The molecular formula is C18H12BrNO4. The number of hydrogen-bond acceptors (Lipinski definition) is 5. The lowest BCUT2D eigenvalue weighted by Gasteiger charge is -1.99. The Bertz CT molecular complexity index is 852. The van der Waals surface area contributed by atoms with Crippen molar-refractivity contribution >= 4 is 39.8 Å². The molecule has 0 spiro atoms. The highest BCUT2D eigenvalue weighted by Gasteiger charge is 2.24. The minimum Gasteiger partial charge on any atom is -0.465 e. The van der Waals surface area contributed by atoms with Gasteiger partial charge in [-0.05, 0) is 48.0 Å². The van der Waals surface area contributed by atoms with Crippen molar-refractivity contribution in [2.24, 2.45) is 4.99 Å². The first-order chi connectivity index (χ1) is 11.6. The number of carbonyl (C=O) groups excluding carboxylic acids is 2. The maximum atomic E-state index is 12.0. The number of rotatable bonds is 3. The fourth-order valence-electron chi connectivity index (χ4n) is 2.12. The Morgan fingerprint density at radius 3 is 2.42 bits per heavy atom. The van der Waals surface area contributed by atoms with Crippen LogP contribution in [0.2, 0.25) is 0 Å². The normalized spacial score (nSPS) is 15.2. The van der Waals surface area contributed by atoms with Crippen molar-refractivity contribution in [3.05, 3.63) is 75.4 Å².